The van der Waals surface area contributed by atoms with Crippen molar-refractivity contribution in [3.05, 3.63) is 102 Å². The van der Waals surface area contributed by atoms with Gasteiger partial charge in [0, 0.05) is 18.3 Å². The fourth-order valence-electron chi connectivity index (χ4n) is 2.57. The van der Waals surface area contributed by atoms with Crippen LogP contribution in [-0.2, 0) is 4.79 Å². The van der Waals surface area contributed by atoms with Gasteiger partial charge in [-0.05, 0) is 41.8 Å². The monoisotopic (exact) mass is 337 g/mol. The van der Waals surface area contributed by atoms with Crippen LogP contribution in [0, 0.1) is 11.8 Å². The van der Waals surface area contributed by atoms with E-state index in [1.165, 1.54) is 6.08 Å². The molecule has 2 heteroatoms. The van der Waals surface area contributed by atoms with E-state index in [1.807, 2.05) is 92.0 Å². The molecule has 3 aromatic rings. The van der Waals surface area contributed by atoms with E-state index in [0.717, 1.165) is 22.5 Å². The molecular formula is C24H19NO. The number of allylic oxidation sites excluding steroid dienone is 1. The minimum atomic E-state index is -0.217. The third-order valence-electron chi connectivity index (χ3n) is 3.96. The van der Waals surface area contributed by atoms with E-state index in [-0.39, 0.29) is 5.78 Å². The van der Waals surface area contributed by atoms with Gasteiger partial charge in [-0.2, -0.15) is 0 Å². The van der Waals surface area contributed by atoms with Gasteiger partial charge in [0.1, 0.15) is 0 Å². The van der Waals surface area contributed by atoms with Crippen LogP contribution in [0.3, 0.4) is 0 Å². The smallest absolute Gasteiger partial charge is 0.229 e. The van der Waals surface area contributed by atoms with Crippen LogP contribution in [0.4, 0.5) is 11.4 Å². The average molecular weight is 337 g/mol. The van der Waals surface area contributed by atoms with Gasteiger partial charge in [-0.3, -0.25) is 4.79 Å². The number of carbonyl (C=O) groups is 1. The van der Waals surface area contributed by atoms with Crippen LogP contribution in [0.15, 0.2) is 91.0 Å². The highest BCUT2D eigenvalue weighted by molar-refractivity contribution is 6.07. The van der Waals surface area contributed by atoms with Gasteiger partial charge in [0.05, 0.1) is 5.69 Å². The van der Waals surface area contributed by atoms with Crippen LogP contribution < -0.4 is 4.90 Å². The summed E-state index contributed by atoms with van der Waals surface area (Å²) in [5.41, 5.74) is 3.83. The molecule has 0 aliphatic rings. The summed E-state index contributed by atoms with van der Waals surface area (Å²) in [6, 6.07) is 27.6. The Labute approximate surface area is 154 Å². The number of hydrogen-bond donors (Lipinski definition) is 0. The highest BCUT2D eigenvalue weighted by Crippen LogP contribution is 2.26. The summed E-state index contributed by atoms with van der Waals surface area (Å²) in [6.45, 7) is 0. The Morgan fingerprint density at radius 3 is 2.19 bits per heavy atom. The molecule has 2 nitrogen and oxygen atoms in total. The Morgan fingerprint density at radius 1 is 0.846 bits per heavy atom. The van der Waals surface area contributed by atoms with Gasteiger partial charge >= 0.3 is 0 Å². The second kappa shape index (κ2) is 8.50. The Kier molecular flexibility index (Phi) is 5.65. The second-order valence-electron chi connectivity index (χ2n) is 5.77. The molecule has 0 spiro atoms. The molecule has 3 rings (SSSR count). The van der Waals surface area contributed by atoms with Crippen molar-refractivity contribution in [3.8, 4) is 11.8 Å². The van der Waals surface area contributed by atoms with Crippen LogP contribution >= 0.6 is 0 Å². The molecule has 0 fully saturated rings. The van der Waals surface area contributed by atoms with Crippen LogP contribution in [0.5, 0.6) is 0 Å². The fraction of sp³-hybridized carbons (Fsp3) is 0.0417. The Hall–Kier alpha value is -3.57. The van der Waals surface area contributed by atoms with E-state index in [1.54, 1.807) is 6.08 Å². The van der Waals surface area contributed by atoms with Crippen LogP contribution in [0.1, 0.15) is 11.1 Å². The number of carbonyl (C=O) groups excluding carboxylic acids is 1. The van der Waals surface area contributed by atoms with Crippen molar-refractivity contribution in [2.24, 2.45) is 0 Å². The first-order valence-corrected chi connectivity index (χ1v) is 8.41. The Bertz CT molecular complexity index is 963. The molecule has 0 unspecified atom stereocenters. The van der Waals surface area contributed by atoms with E-state index in [4.69, 9.17) is 0 Å². The van der Waals surface area contributed by atoms with Crippen LogP contribution in [-0.4, -0.2) is 12.8 Å². The van der Waals surface area contributed by atoms with Crippen molar-refractivity contribution in [2.75, 3.05) is 11.9 Å². The summed E-state index contributed by atoms with van der Waals surface area (Å²) >= 11 is 0. The number of rotatable bonds is 4. The molecular weight excluding hydrogens is 318 g/mol. The predicted octanol–water partition coefficient (Wildman–Crippen LogP) is 5.09. The molecule has 0 saturated carbocycles. The van der Waals surface area contributed by atoms with E-state index in [9.17, 15) is 4.79 Å². The minimum Gasteiger partial charge on any atom is -0.344 e. The summed E-state index contributed by atoms with van der Waals surface area (Å²) < 4.78 is 0. The third-order valence-corrected chi connectivity index (χ3v) is 3.96. The number of hydrogen-bond acceptors (Lipinski definition) is 2. The molecule has 0 aliphatic heterocycles. The first kappa shape index (κ1) is 17.3. The molecule has 26 heavy (non-hydrogen) atoms. The van der Waals surface area contributed by atoms with Crippen LogP contribution in [0.25, 0.3) is 6.08 Å². The molecule has 0 N–H and O–H groups in total. The van der Waals surface area contributed by atoms with E-state index < -0.39 is 0 Å². The standard InChI is InChI=1S/C24H19NO/c1-25(22-13-6-3-7-14-22)24-15-9-8-12-21(24)17-19-23(26)18-16-20-10-4-2-5-11-20/h2-16,18H,1H3/b18-16+. The summed E-state index contributed by atoms with van der Waals surface area (Å²) in [4.78, 5) is 14.1. The summed E-state index contributed by atoms with van der Waals surface area (Å²) in [6.07, 6.45) is 3.28. The van der Waals surface area contributed by atoms with Gasteiger partial charge in [-0.25, -0.2) is 0 Å². The maximum Gasteiger partial charge on any atom is 0.229 e. The van der Waals surface area contributed by atoms with Gasteiger partial charge < -0.3 is 4.90 Å². The quantitative estimate of drug-likeness (QED) is 0.488. The lowest BCUT2D eigenvalue weighted by Crippen LogP contribution is -2.10. The lowest BCUT2D eigenvalue weighted by molar-refractivity contribution is -0.109. The number of anilines is 2. The molecule has 0 heterocycles. The fourth-order valence-corrected chi connectivity index (χ4v) is 2.57. The van der Waals surface area contributed by atoms with Gasteiger partial charge in [0.15, 0.2) is 0 Å². The van der Waals surface area contributed by atoms with Gasteiger partial charge in [-0.15, -0.1) is 0 Å². The molecule has 0 amide bonds. The summed E-state index contributed by atoms with van der Waals surface area (Å²) in [7, 11) is 1.99. The Balaban J connectivity index is 1.80. The first-order chi connectivity index (χ1) is 12.7. The maximum absolute atomic E-state index is 12.1. The number of ketones is 1. The molecule has 0 aromatic heterocycles. The zero-order valence-electron chi connectivity index (χ0n) is 14.6. The molecule has 0 atom stereocenters. The highest BCUT2D eigenvalue weighted by atomic mass is 16.1. The lowest BCUT2D eigenvalue weighted by atomic mass is 10.1. The van der Waals surface area contributed by atoms with E-state index in [2.05, 4.69) is 16.7 Å². The largest absolute Gasteiger partial charge is 0.344 e. The van der Waals surface area contributed by atoms with E-state index >= 15 is 0 Å². The normalized spacial score (nSPS) is 10.2. The Morgan fingerprint density at radius 2 is 1.46 bits per heavy atom. The molecule has 0 saturated heterocycles. The highest BCUT2D eigenvalue weighted by Gasteiger charge is 2.07. The van der Waals surface area contributed by atoms with Crippen molar-refractivity contribution in [1.29, 1.82) is 0 Å². The average Bonchev–Trinajstić information content (AvgIpc) is 2.72. The molecule has 126 valence electrons. The molecule has 0 bridgehead atoms. The zero-order chi connectivity index (χ0) is 18.2. The summed E-state index contributed by atoms with van der Waals surface area (Å²) in [5.74, 6) is 5.50. The number of nitrogens with zero attached hydrogens (tertiary/aromatic N) is 1. The third kappa shape index (κ3) is 4.49. The van der Waals surface area contributed by atoms with Crippen molar-refractivity contribution in [3.63, 3.8) is 0 Å². The van der Waals surface area contributed by atoms with Crippen molar-refractivity contribution < 1.29 is 4.79 Å². The van der Waals surface area contributed by atoms with Crippen LogP contribution in [0.2, 0.25) is 0 Å². The van der Waals surface area contributed by atoms with Crippen molar-refractivity contribution in [1.82, 2.24) is 0 Å². The van der Waals surface area contributed by atoms with Crippen molar-refractivity contribution >= 4 is 23.2 Å². The summed E-state index contributed by atoms with van der Waals surface area (Å²) in [5, 5.41) is 0. The molecule has 0 aliphatic carbocycles. The molecule has 0 radical (unpaired) electrons. The lowest BCUT2D eigenvalue weighted by Gasteiger charge is -2.20. The van der Waals surface area contributed by atoms with Gasteiger partial charge in [0.2, 0.25) is 5.78 Å². The van der Waals surface area contributed by atoms with E-state index in [0.29, 0.717) is 0 Å². The van der Waals surface area contributed by atoms with Gasteiger partial charge in [-0.1, -0.05) is 72.7 Å². The number of para-hydroxylation sites is 2. The first-order valence-electron chi connectivity index (χ1n) is 8.41. The molecule has 3 aromatic carbocycles. The zero-order valence-corrected chi connectivity index (χ0v) is 14.6. The SMILES string of the molecule is CN(c1ccccc1)c1ccccc1C#CC(=O)/C=C/c1ccccc1. The predicted molar refractivity (Wildman–Crippen MR) is 108 cm³/mol. The maximum atomic E-state index is 12.1. The van der Waals surface area contributed by atoms with Crippen molar-refractivity contribution in [2.45, 2.75) is 0 Å². The number of benzene rings is 3. The topological polar surface area (TPSA) is 20.3 Å². The second-order valence-corrected chi connectivity index (χ2v) is 5.77. The minimum absolute atomic E-state index is 0.217. The van der Waals surface area contributed by atoms with Gasteiger partial charge in [0.25, 0.3) is 0 Å².